The van der Waals surface area contributed by atoms with Gasteiger partial charge in [-0.3, -0.25) is 14.4 Å². The van der Waals surface area contributed by atoms with Gasteiger partial charge in [-0.2, -0.15) is 5.10 Å². The molecule has 3 amide bonds. The molecule has 2 aromatic carbocycles. The van der Waals surface area contributed by atoms with Crippen molar-refractivity contribution >= 4 is 34.8 Å². The highest BCUT2D eigenvalue weighted by Crippen LogP contribution is 2.20. The summed E-state index contributed by atoms with van der Waals surface area (Å²) in [4.78, 5) is 38.5. The van der Waals surface area contributed by atoms with Crippen LogP contribution in [0.25, 0.3) is 0 Å². The maximum absolute atomic E-state index is 12.7. The second-order valence-corrected chi connectivity index (χ2v) is 6.53. The molecule has 0 saturated carbocycles. The first-order valence-corrected chi connectivity index (χ1v) is 9.13. The maximum Gasteiger partial charge on any atom is 0.270 e. The van der Waals surface area contributed by atoms with Gasteiger partial charge in [0, 0.05) is 31.6 Å². The number of anilines is 2. The van der Waals surface area contributed by atoms with E-state index in [0.717, 1.165) is 0 Å². The van der Waals surface area contributed by atoms with Gasteiger partial charge in [0.15, 0.2) is 0 Å². The summed E-state index contributed by atoms with van der Waals surface area (Å²) in [5.41, 5.74) is 1.41. The molecule has 0 saturated heterocycles. The summed E-state index contributed by atoms with van der Waals surface area (Å²) in [6.45, 7) is -0.144. The Balaban J connectivity index is 1.65. The molecular formula is C21H22N4O4. The molecule has 29 heavy (non-hydrogen) atoms. The number of hydrogen-bond acceptors (Lipinski definition) is 5. The van der Waals surface area contributed by atoms with E-state index >= 15 is 0 Å². The summed E-state index contributed by atoms with van der Waals surface area (Å²) in [7, 11) is 3.07. The Kier molecular flexibility index (Phi) is 6.23. The third-order valence-electron chi connectivity index (χ3n) is 4.36. The first kappa shape index (κ1) is 20.1. The minimum absolute atomic E-state index is 0.144. The Labute approximate surface area is 168 Å². The molecule has 0 spiro atoms. The quantitative estimate of drug-likeness (QED) is 0.814. The summed E-state index contributed by atoms with van der Waals surface area (Å²) >= 11 is 0. The van der Waals surface area contributed by atoms with Crippen LogP contribution in [0.5, 0.6) is 5.75 Å². The van der Waals surface area contributed by atoms with E-state index in [4.69, 9.17) is 4.74 Å². The average Bonchev–Trinajstić information content (AvgIpc) is 2.74. The van der Waals surface area contributed by atoms with Gasteiger partial charge in [0.2, 0.25) is 11.8 Å². The number of methoxy groups -OCH3 is 1. The van der Waals surface area contributed by atoms with E-state index in [0.29, 0.717) is 17.1 Å². The smallest absolute Gasteiger partial charge is 0.270 e. The predicted molar refractivity (Wildman–Crippen MR) is 110 cm³/mol. The number of nitrogens with one attached hydrogen (secondary N) is 1. The van der Waals surface area contributed by atoms with E-state index in [9.17, 15) is 14.4 Å². The van der Waals surface area contributed by atoms with Gasteiger partial charge in [-0.1, -0.05) is 24.3 Å². The molecule has 0 aromatic heterocycles. The van der Waals surface area contributed by atoms with Crippen molar-refractivity contribution in [1.29, 1.82) is 0 Å². The molecule has 0 fully saturated rings. The molecule has 150 valence electrons. The van der Waals surface area contributed by atoms with Gasteiger partial charge in [-0.05, 0) is 24.3 Å². The molecular weight excluding hydrogens is 372 g/mol. The molecule has 8 nitrogen and oxygen atoms in total. The zero-order valence-electron chi connectivity index (χ0n) is 16.3. The van der Waals surface area contributed by atoms with Crippen molar-refractivity contribution in [3.05, 3.63) is 54.6 Å². The molecule has 0 aliphatic carbocycles. The lowest BCUT2D eigenvalue weighted by molar-refractivity contribution is -0.128. The zero-order chi connectivity index (χ0) is 20.8. The van der Waals surface area contributed by atoms with E-state index in [1.54, 1.807) is 55.6 Å². The van der Waals surface area contributed by atoms with Gasteiger partial charge < -0.3 is 15.0 Å². The lowest BCUT2D eigenvalue weighted by atomic mass is 10.1. The molecule has 0 atom stereocenters. The first-order chi connectivity index (χ1) is 14.0. The number of nitrogens with zero attached hydrogens (tertiary/aromatic N) is 3. The standard InChI is InChI=1S/C21H22N4O4/c1-24(14-19(26)22-15-7-6-10-17(13-15)29-2)21(28)18-11-12-20(27)25(23-18)16-8-4-3-5-9-16/h3-10,13H,11-12,14H2,1-2H3,(H,22,26). The summed E-state index contributed by atoms with van der Waals surface area (Å²) in [5.74, 6) is -0.290. The summed E-state index contributed by atoms with van der Waals surface area (Å²) < 4.78 is 5.13. The number of benzene rings is 2. The van der Waals surface area contributed by atoms with Gasteiger partial charge in [-0.25, -0.2) is 5.01 Å². The Morgan fingerprint density at radius 2 is 1.90 bits per heavy atom. The van der Waals surface area contributed by atoms with Gasteiger partial charge in [0.05, 0.1) is 19.3 Å². The maximum atomic E-state index is 12.7. The molecule has 0 radical (unpaired) electrons. The first-order valence-electron chi connectivity index (χ1n) is 9.13. The van der Waals surface area contributed by atoms with Crippen LogP contribution < -0.4 is 15.1 Å². The van der Waals surface area contributed by atoms with Crippen LogP contribution in [0.15, 0.2) is 59.7 Å². The van der Waals surface area contributed by atoms with Crippen LogP contribution in [0.3, 0.4) is 0 Å². The number of ether oxygens (including phenoxy) is 1. The van der Waals surface area contributed by atoms with Crippen molar-refractivity contribution in [3.63, 3.8) is 0 Å². The van der Waals surface area contributed by atoms with Crippen molar-refractivity contribution in [3.8, 4) is 5.75 Å². The van der Waals surface area contributed by atoms with Crippen LogP contribution in [-0.4, -0.2) is 49.0 Å². The van der Waals surface area contributed by atoms with Crippen LogP contribution in [-0.2, 0) is 14.4 Å². The number of carbonyl (C=O) groups excluding carboxylic acids is 3. The molecule has 3 rings (SSSR count). The van der Waals surface area contributed by atoms with E-state index in [2.05, 4.69) is 10.4 Å². The molecule has 0 unspecified atom stereocenters. The van der Waals surface area contributed by atoms with Crippen molar-refractivity contribution in [2.45, 2.75) is 12.8 Å². The summed E-state index contributed by atoms with van der Waals surface area (Å²) in [6.07, 6.45) is 0.423. The number of rotatable bonds is 6. The second-order valence-electron chi connectivity index (χ2n) is 6.53. The number of likely N-dealkylation sites (N-methyl/N-ethyl adjacent to an activating group) is 1. The molecule has 1 heterocycles. The second kappa shape index (κ2) is 9.01. The summed E-state index contributed by atoms with van der Waals surface area (Å²) in [6, 6.07) is 15.9. The summed E-state index contributed by atoms with van der Waals surface area (Å²) in [5, 5.41) is 8.20. The Bertz CT molecular complexity index is 943. The van der Waals surface area contributed by atoms with E-state index in [1.165, 1.54) is 17.0 Å². The fourth-order valence-electron chi connectivity index (χ4n) is 2.89. The van der Waals surface area contributed by atoms with Crippen LogP contribution in [0.1, 0.15) is 12.8 Å². The molecule has 8 heteroatoms. The largest absolute Gasteiger partial charge is 0.497 e. The van der Waals surface area contributed by atoms with Crippen molar-refractivity contribution in [2.75, 3.05) is 31.0 Å². The fourth-order valence-corrected chi connectivity index (χ4v) is 2.89. The van der Waals surface area contributed by atoms with Gasteiger partial charge in [0.1, 0.15) is 11.5 Å². The van der Waals surface area contributed by atoms with Crippen LogP contribution >= 0.6 is 0 Å². The average molecular weight is 394 g/mol. The van der Waals surface area contributed by atoms with E-state index in [1.807, 2.05) is 6.07 Å². The highest BCUT2D eigenvalue weighted by Gasteiger charge is 2.27. The highest BCUT2D eigenvalue weighted by atomic mass is 16.5. The van der Waals surface area contributed by atoms with Crippen molar-refractivity contribution in [2.24, 2.45) is 5.10 Å². The topological polar surface area (TPSA) is 91.3 Å². The number of amides is 3. The number of hydrazone groups is 1. The lowest BCUT2D eigenvalue weighted by Gasteiger charge is -2.25. The Hall–Kier alpha value is -3.68. The third kappa shape index (κ3) is 4.98. The minimum atomic E-state index is -0.390. The van der Waals surface area contributed by atoms with Gasteiger partial charge >= 0.3 is 0 Å². The molecule has 1 aliphatic heterocycles. The predicted octanol–water partition coefficient (Wildman–Crippen LogP) is 2.28. The third-order valence-corrected chi connectivity index (χ3v) is 4.36. The molecule has 2 aromatic rings. The van der Waals surface area contributed by atoms with Crippen LogP contribution in [0.4, 0.5) is 11.4 Å². The fraction of sp³-hybridized carbons (Fsp3) is 0.238. The van der Waals surface area contributed by atoms with Gasteiger partial charge in [0.25, 0.3) is 5.91 Å². The number of hydrogen-bond donors (Lipinski definition) is 1. The Morgan fingerprint density at radius 3 is 2.62 bits per heavy atom. The van der Waals surface area contributed by atoms with Crippen molar-refractivity contribution in [1.82, 2.24) is 4.90 Å². The van der Waals surface area contributed by atoms with Crippen molar-refractivity contribution < 1.29 is 19.1 Å². The zero-order valence-corrected chi connectivity index (χ0v) is 16.3. The molecule has 1 aliphatic rings. The monoisotopic (exact) mass is 394 g/mol. The number of para-hydroxylation sites is 1. The highest BCUT2D eigenvalue weighted by molar-refractivity contribution is 6.40. The molecule has 0 bridgehead atoms. The van der Waals surface area contributed by atoms with E-state index in [-0.39, 0.29) is 42.8 Å². The van der Waals surface area contributed by atoms with E-state index < -0.39 is 0 Å². The molecule has 1 N–H and O–H groups in total. The van der Waals surface area contributed by atoms with Crippen LogP contribution in [0, 0.1) is 0 Å². The SMILES string of the molecule is COc1cccc(NC(=O)CN(C)C(=O)C2=NN(c3ccccc3)C(=O)CC2)c1. The Morgan fingerprint density at radius 1 is 1.14 bits per heavy atom. The minimum Gasteiger partial charge on any atom is -0.497 e. The van der Waals surface area contributed by atoms with Crippen LogP contribution in [0.2, 0.25) is 0 Å². The lowest BCUT2D eigenvalue weighted by Crippen LogP contribution is -2.42. The number of carbonyl (C=O) groups is 3. The van der Waals surface area contributed by atoms with Gasteiger partial charge in [-0.15, -0.1) is 0 Å². The normalized spacial score (nSPS) is 13.5.